The molecule has 1 aromatic heterocycles. The molecule has 5 rings (SSSR count). The Morgan fingerprint density at radius 1 is 0.818 bits per heavy atom. The molecule has 4 aromatic rings. The third-order valence-electron chi connectivity index (χ3n) is 6.54. The molecule has 2 heterocycles. The van der Waals surface area contributed by atoms with E-state index in [4.69, 9.17) is 9.72 Å². The monoisotopic (exact) mass is 442 g/mol. The van der Waals surface area contributed by atoms with Gasteiger partial charge in [0.05, 0.1) is 23.7 Å². The average molecular weight is 443 g/mol. The number of hydrogen-bond acceptors (Lipinski definition) is 3. The number of methoxy groups -OCH3 is 1. The summed E-state index contributed by atoms with van der Waals surface area (Å²) in [7, 11) is 1.64. The Morgan fingerprint density at radius 2 is 1.45 bits per heavy atom. The molecule has 1 fully saturated rings. The van der Waals surface area contributed by atoms with Gasteiger partial charge in [-0.05, 0) is 24.3 Å². The van der Waals surface area contributed by atoms with E-state index in [0.29, 0.717) is 17.7 Å². The lowest BCUT2D eigenvalue weighted by Crippen LogP contribution is -3.27. The van der Waals surface area contributed by atoms with E-state index in [0.717, 1.165) is 49.8 Å². The Bertz CT molecular complexity index is 1290. The molecule has 0 aliphatic carbocycles. The number of fused-ring (bicyclic) bond motifs is 1. The molecule has 6 heteroatoms. The van der Waals surface area contributed by atoms with Crippen LogP contribution < -0.4 is 20.1 Å². The predicted molar refractivity (Wildman–Crippen MR) is 129 cm³/mol. The molecule has 1 aliphatic rings. The van der Waals surface area contributed by atoms with Gasteiger partial charge < -0.3 is 14.5 Å². The fourth-order valence-electron chi connectivity index (χ4n) is 4.78. The standard InChI is InChI=1S/C27H28N4O2/c1-33-25-14-8-7-13-24(25)31-26(28-23-12-6-5-11-22(23)27(31)32)20-30-17-15-29(16-18-30)19-21-9-3-2-4-10-21/h2-14H,15-20H2,1H3/p+2. The highest BCUT2D eigenvalue weighted by Gasteiger charge is 2.26. The van der Waals surface area contributed by atoms with Gasteiger partial charge in [0.15, 0.2) is 5.82 Å². The first-order valence-electron chi connectivity index (χ1n) is 11.6. The smallest absolute Gasteiger partial charge is 0.266 e. The Balaban J connectivity index is 1.43. The van der Waals surface area contributed by atoms with Gasteiger partial charge in [0.2, 0.25) is 0 Å². The molecule has 33 heavy (non-hydrogen) atoms. The lowest BCUT2D eigenvalue weighted by molar-refractivity contribution is -1.02. The first kappa shape index (κ1) is 21.4. The zero-order valence-electron chi connectivity index (χ0n) is 19.0. The number of rotatable bonds is 6. The van der Waals surface area contributed by atoms with Crippen LogP contribution in [0.2, 0.25) is 0 Å². The Hall–Kier alpha value is -3.48. The van der Waals surface area contributed by atoms with Crippen molar-refractivity contribution in [2.45, 2.75) is 13.1 Å². The summed E-state index contributed by atoms with van der Waals surface area (Å²) in [5, 5.41) is 0.624. The summed E-state index contributed by atoms with van der Waals surface area (Å²) in [6.07, 6.45) is 0. The lowest BCUT2D eigenvalue weighted by Gasteiger charge is -2.30. The van der Waals surface area contributed by atoms with Crippen LogP contribution in [0.25, 0.3) is 16.6 Å². The summed E-state index contributed by atoms with van der Waals surface area (Å²) in [5.41, 5.74) is 2.83. The molecule has 1 aliphatic heterocycles. The van der Waals surface area contributed by atoms with Crippen molar-refractivity contribution in [1.29, 1.82) is 0 Å². The predicted octanol–water partition coefficient (Wildman–Crippen LogP) is 0.878. The minimum absolute atomic E-state index is 0.0483. The van der Waals surface area contributed by atoms with E-state index >= 15 is 0 Å². The second kappa shape index (κ2) is 9.57. The molecule has 0 unspecified atom stereocenters. The van der Waals surface area contributed by atoms with Crippen molar-refractivity contribution in [1.82, 2.24) is 9.55 Å². The third kappa shape index (κ3) is 4.53. The number of hydrogen-bond donors (Lipinski definition) is 2. The summed E-state index contributed by atoms with van der Waals surface area (Å²) < 4.78 is 7.33. The molecule has 0 amide bonds. The van der Waals surface area contributed by atoms with E-state index in [1.165, 1.54) is 10.5 Å². The van der Waals surface area contributed by atoms with Crippen LogP contribution in [-0.2, 0) is 13.1 Å². The fourth-order valence-corrected chi connectivity index (χ4v) is 4.78. The number of quaternary nitrogens is 2. The first-order chi connectivity index (χ1) is 16.2. The summed E-state index contributed by atoms with van der Waals surface area (Å²) in [6, 6.07) is 26.0. The molecule has 168 valence electrons. The van der Waals surface area contributed by atoms with Crippen molar-refractivity contribution >= 4 is 10.9 Å². The van der Waals surface area contributed by atoms with Crippen LogP contribution in [0.4, 0.5) is 0 Å². The molecule has 0 radical (unpaired) electrons. The maximum Gasteiger partial charge on any atom is 0.266 e. The quantitative estimate of drug-likeness (QED) is 0.466. The first-order valence-corrected chi connectivity index (χ1v) is 11.6. The van der Waals surface area contributed by atoms with Crippen molar-refractivity contribution in [3.8, 4) is 11.4 Å². The summed E-state index contributed by atoms with van der Waals surface area (Å²) in [4.78, 5) is 21.6. The normalized spacial score (nSPS) is 18.3. The van der Waals surface area contributed by atoms with E-state index < -0.39 is 0 Å². The molecule has 0 spiro atoms. The Kier molecular flexibility index (Phi) is 6.19. The van der Waals surface area contributed by atoms with Gasteiger partial charge in [-0.15, -0.1) is 0 Å². The lowest BCUT2D eigenvalue weighted by atomic mass is 10.2. The Labute approximate surface area is 193 Å². The van der Waals surface area contributed by atoms with E-state index in [1.54, 1.807) is 16.6 Å². The summed E-state index contributed by atoms with van der Waals surface area (Å²) in [6.45, 7) is 6.09. The molecule has 2 N–H and O–H groups in total. The zero-order chi connectivity index (χ0) is 22.6. The van der Waals surface area contributed by atoms with Gasteiger partial charge in [-0.1, -0.05) is 54.6 Å². The number of piperazine rings is 1. The number of ether oxygens (including phenoxy) is 1. The topological polar surface area (TPSA) is 53.0 Å². The van der Waals surface area contributed by atoms with Gasteiger partial charge in [-0.25, -0.2) is 4.98 Å². The highest BCUT2D eigenvalue weighted by atomic mass is 16.5. The molecule has 0 saturated carbocycles. The van der Waals surface area contributed by atoms with Crippen molar-refractivity contribution in [3.05, 3.63) is 101 Å². The SMILES string of the molecule is COc1ccccc1-n1c(C[NH+]2CC[NH+](Cc3ccccc3)CC2)nc2ccccc2c1=O. The molecular weight excluding hydrogens is 412 g/mol. The largest absolute Gasteiger partial charge is 0.495 e. The summed E-state index contributed by atoms with van der Waals surface area (Å²) >= 11 is 0. The van der Waals surface area contributed by atoms with Gasteiger partial charge in [-0.2, -0.15) is 0 Å². The van der Waals surface area contributed by atoms with Gasteiger partial charge in [-0.3, -0.25) is 9.36 Å². The van der Waals surface area contributed by atoms with Crippen molar-refractivity contribution in [3.63, 3.8) is 0 Å². The highest BCUT2D eigenvalue weighted by Crippen LogP contribution is 2.22. The molecule has 3 aromatic carbocycles. The van der Waals surface area contributed by atoms with E-state index in [1.807, 2.05) is 48.5 Å². The molecule has 6 nitrogen and oxygen atoms in total. The van der Waals surface area contributed by atoms with Crippen LogP contribution in [-0.4, -0.2) is 42.8 Å². The maximum atomic E-state index is 13.6. The van der Waals surface area contributed by atoms with Crippen molar-refractivity contribution in [2.24, 2.45) is 0 Å². The van der Waals surface area contributed by atoms with Crippen LogP contribution in [0.5, 0.6) is 5.75 Å². The maximum absolute atomic E-state index is 13.6. The highest BCUT2D eigenvalue weighted by molar-refractivity contribution is 5.78. The van der Waals surface area contributed by atoms with Gasteiger partial charge in [0, 0.05) is 5.56 Å². The molecule has 0 bridgehead atoms. The van der Waals surface area contributed by atoms with Crippen molar-refractivity contribution in [2.75, 3.05) is 33.3 Å². The second-order valence-corrected chi connectivity index (χ2v) is 8.70. The average Bonchev–Trinajstić information content (AvgIpc) is 2.86. The van der Waals surface area contributed by atoms with Gasteiger partial charge >= 0.3 is 0 Å². The number of benzene rings is 3. The minimum Gasteiger partial charge on any atom is -0.495 e. The Morgan fingerprint density at radius 3 is 2.21 bits per heavy atom. The van der Waals surface area contributed by atoms with E-state index in [9.17, 15) is 4.79 Å². The number of aromatic nitrogens is 2. The van der Waals surface area contributed by atoms with E-state index in [2.05, 4.69) is 30.3 Å². The van der Waals surface area contributed by atoms with Gasteiger partial charge in [0.1, 0.15) is 45.0 Å². The van der Waals surface area contributed by atoms with E-state index in [-0.39, 0.29) is 5.56 Å². The number of nitrogens with zero attached hydrogens (tertiary/aromatic N) is 2. The summed E-state index contributed by atoms with van der Waals surface area (Å²) in [5.74, 6) is 1.45. The van der Waals surface area contributed by atoms with Crippen LogP contribution in [0.1, 0.15) is 11.4 Å². The molecular formula is C27H30N4O2+2. The van der Waals surface area contributed by atoms with Crippen molar-refractivity contribution < 1.29 is 14.5 Å². The zero-order valence-corrected chi connectivity index (χ0v) is 19.0. The molecule has 1 saturated heterocycles. The second-order valence-electron chi connectivity index (χ2n) is 8.70. The fraction of sp³-hybridized carbons (Fsp3) is 0.259. The third-order valence-corrected chi connectivity index (χ3v) is 6.54. The van der Waals surface area contributed by atoms with Crippen LogP contribution in [0.3, 0.4) is 0 Å². The van der Waals surface area contributed by atoms with Crippen LogP contribution >= 0.6 is 0 Å². The van der Waals surface area contributed by atoms with Gasteiger partial charge in [0.25, 0.3) is 5.56 Å². The number of para-hydroxylation sites is 3. The van der Waals surface area contributed by atoms with Crippen LogP contribution in [0, 0.1) is 0 Å². The number of nitrogens with one attached hydrogen (secondary N) is 2. The molecule has 0 atom stereocenters. The minimum atomic E-state index is -0.0483. The van der Waals surface area contributed by atoms with Crippen LogP contribution in [0.15, 0.2) is 83.7 Å².